The summed E-state index contributed by atoms with van der Waals surface area (Å²) in [6.07, 6.45) is 2.40. The Balaban J connectivity index is 2.24. The topological polar surface area (TPSA) is 75.7 Å². The summed E-state index contributed by atoms with van der Waals surface area (Å²) >= 11 is 0. The molecule has 0 unspecified atom stereocenters. The van der Waals surface area contributed by atoms with Gasteiger partial charge in [0.05, 0.1) is 24.2 Å². The Bertz CT molecular complexity index is 671. The molecule has 1 saturated heterocycles. The molecule has 0 aliphatic carbocycles. The van der Waals surface area contributed by atoms with Crippen LogP contribution >= 0.6 is 0 Å². The second kappa shape index (κ2) is 7.21. The summed E-state index contributed by atoms with van der Waals surface area (Å²) < 4.78 is 32.0. The number of carbonyl (C=O) groups excluding carboxylic acids is 1. The number of rotatable bonds is 6. The highest BCUT2D eigenvalue weighted by molar-refractivity contribution is 7.92. The molecule has 7 heteroatoms. The van der Waals surface area contributed by atoms with Gasteiger partial charge >= 0.3 is 0 Å². The Labute approximate surface area is 137 Å². The van der Waals surface area contributed by atoms with Gasteiger partial charge in [-0.3, -0.25) is 9.52 Å². The minimum Gasteiger partial charge on any atom is -0.494 e. The van der Waals surface area contributed by atoms with E-state index in [1.54, 1.807) is 23.1 Å². The molecule has 0 saturated carbocycles. The fourth-order valence-corrected chi connectivity index (χ4v) is 4.13. The molecule has 1 amide bonds. The highest BCUT2D eigenvalue weighted by Gasteiger charge is 2.23. The second-order valence-electron chi connectivity index (χ2n) is 6.17. The van der Waals surface area contributed by atoms with Crippen molar-refractivity contribution >= 4 is 27.3 Å². The van der Waals surface area contributed by atoms with Crippen LogP contribution in [0.3, 0.4) is 0 Å². The third-order valence-corrected chi connectivity index (χ3v) is 5.27. The minimum absolute atomic E-state index is 0.0413. The van der Waals surface area contributed by atoms with Gasteiger partial charge in [0, 0.05) is 19.0 Å². The van der Waals surface area contributed by atoms with Crippen LogP contribution in [-0.4, -0.2) is 33.7 Å². The van der Waals surface area contributed by atoms with Gasteiger partial charge < -0.3 is 9.64 Å². The Kier molecular flexibility index (Phi) is 5.51. The van der Waals surface area contributed by atoms with Gasteiger partial charge in [-0.05, 0) is 30.9 Å². The Morgan fingerprint density at radius 3 is 2.65 bits per heavy atom. The molecular weight excluding hydrogens is 316 g/mol. The first-order chi connectivity index (χ1) is 10.8. The molecule has 128 valence electrons. The Morgan fingerprint density at radius 2 is 2.04 bits per heavy atom. The molecule has 1 fully saturated rings. The molecule has 6 nitrogen and oxygen atoms in total. The van der Waals surface area contributed by atoms with Crippen LogP contribution in [0.5, 0.6) is 5.75 Å². The van der Waals surface area contributed by atoms with Crippen LogP contribution in [0.15, 0.2) is 18.2 Å². The zero-order valence-corrected chi connectivity index (χ0v) is 14.6. The number of nitrogens with zero attached hydrogens (tertiary/aromatic N) is 1. The van der Waals surface area contributed by atoms with Crippen LogP contribution in [0.2, 0.25) is 0 Å². The molecule has 1 heterocycles. The second-order valence-corrected chi connectivity index (χ2v) is 7.93. The van der Waals surface area contributed by atoms with Crippen molar-refractivity contribution in [3.63, 3.8) is 0 Å². The predicted octanol–water partition coefficient (Wildman–Crippen LogP) is 2.61. The van der Waals surface area contributed by atoms with E-state index in [-0.39, 0.29) is 17.6 Å². The number of hydrogen-bond donors (Lipinski definition) is 1. The van der Waals surface area contributed by atoms with Crippen LogP contribution in [0.25, 0.3) is 0 Å². The number of ether oxygens (including phenoxy) is 1. The van der Waals surface area contributed by atoms with Crippen molar-refractivity contribution in [2.24, 2.45) is 5.92 Å². The summed E-state index contributed by atoms with van der Waals surface area (Å²) in [6, 6.07) is 5.02. The van der Waals surface area contributed by atoms with Gasteiger partial charge in [0.2, 0.25) is 15.9 Å². The number of methoxy groups -OCH3 is 1. The normalized spacial score (nSPS) is 15.8. The Morgan fingerprint density at radius 1 is 1.30 bits per heavy atom. The van der Waals surface area contributed by atoms with Gasteiger partial charge in [-0.25, -0.2) is 8.42 Å². The van der Waals surface area contributed by atoms with E-state index in [9.17, 15) is 13.2 Å². The summed E-state index contributed by atoms with van der Waals surface area (Å²) in [5.74, 6) is 0.661. The number of piperidine rings is 1. The molecule has 1 aliphatic rings. The fraction of sp³-hybridized carbons (Fsp3) is 0.562. The molecule has 1 aliphatic heterocycles. The van der Waals surface area contributed by atoms with Gasteiger partial charge in [0.25, 0.3) is 0 Å². The maximum Gasteiger partial charge on any atom is 0.232 e. The lowest BCUT2D eigenvalue weighted by Crippen LogP contribution is -2.35. The maximum absolute atomic E-state index is 12.1. The van der Waals surface area contributed by atoms with E-state index < -0.39 is 10.0 Å². The molecule has 0 bridgehead atoms. The summed E-state index contributed by atoms with van der Waals surface area (Å²) in [4.78, 5) is 13.8. The zero-order chi connectivity index (χ0) is 17.0. The van der Waals surface area contributed by atoms with Crippen LogP contribution in [0.4, 0.5) is 11.4 Å². The number of amides is 1. The number of carbonyl (C=O) groups is 1. The average Bonchev–Trinajstić information content (AvgIpc) is 2.46. The molecule has 23 heavy (non-hydrogen) atoms. The van der Waals surface area contributed by atoms with Gasteiger partial charge in [-0.2, -0.15) is 0 Å². The van der Waals surface area contributed by atoms with Gasteiger partial charge in [0.15, 0.2) is 0 Å². The molecule has 0 spiro atoms. The smallest absolute Gasteiger partial charge is 0.232 e. The molecule has 0 radical (unpaired) electrons. The van der Waals surface area contributed by atoms with Crippen LogP contribution in [0.1, 0.15) is 33.1 Å². The molecule has 1 aromatic rings. The van der Waals surface area contributed by atoms with Gasteiger partial charge in [-0.1, -0.05) is 13.8 Å². The van der Waals surface area contributed by atoms with E-state index in [0.29, 0.717) is 30.1 Å². The van der Waals surface area contributed by atoms with E-state index in [0.717, 1.165) is 12.8 Å². The lowest BCUT2D eigenvalue weighted by molar-refractivity contribution is -0.119. The van der Waals surface area contributed by atoms with Gasteiger partial charge in [0.1, 0.15) is 5.75 Å². The highest BCUT2D eigenvalue weighted by Crippen LogP contribution is 2.33. The lowest BCUT2D eigenvalue weighted by Gasteiger charge is -2.28. The fourth-order valence-electron chi connectivity index (χ4n) is 2.68. The molecule has 0 aromatic heterocycles. The summed E-state index contributed by atoms with van der Waals surface area (Å²) in [5, 5.41) is 0. The van der Waals surface area contributed by atoms with Gasteiger partial charge in [-0.15, -0.1) is 0 Å². The van der Waals surface area contributed by atoms with Crippen molar-refractivity contribution in [2.75, 3.05) is 29.0 Å². The van der Waals surface area contributed by atoms with Crippen LogP contribution < -0.4 is 14.4 Å². The average molecular weight is 340 g/mol. The van der Waals surface area contributed by atoms with Crippen molar-refractivity contribution in [3.05, 3.63) is 18.2 Å². The number of anilines is 2. The molecule has 1 aromatic carbocycles. The van der Waals surface area contributed by atoms with Crippen molar-refractivity contribution in [1.29, 1.82) is 0 Å². The van der Waals surface area contributed by atoms with Crippen molar-refractivity contribution in [3.8, 4) is 5.75 Å². The molecule has 1 N–H and O–H groups in total. The number of nitrogens with one attached hydrogen (secondary N) is 1. The third-order valence-electron chi connectivity index (χ3n) is 3.62. The monoisotopic (exact) mass is 340 g/mol. The summed E-state index contributed by atoms with van der Waals surface area (Å²) in [6.45, 7) is 4.36. The van der Waals surface area contributed by atoms with E-state index in [1.165, 1.54) is 7.11 Å². The minimum atomic E-state index is -3.39. The first kappa shape index (κ1) is 17.6. The number of sulfonamides is 1. The first-order valence-electron chi connectivity index (χ1n) is 7.81. The van der Waals surface area contributed by atoms with Crippen LogP contribution in [-0.2, 0) is 14.8 Å². The zero-order valence-electron chi connectivity index (χ0n) is 13.8. The Hall–Kier alpha value is -1.76. The SMILES string of the molecule is COc1cc(NS(=O)(=O)CC(C)C)ccc1N1CCCCC1=O. The van der Waals surface area contributed by atoms with E-state index in [1.807, 2.05) is 13.8 Å². The summed E-state index contributed by atoms with van der Waals surface area (Å²) in [5.41, 5.74) is 1.12. The highest BCUT2D eigenvalue weighted by atomic mass is 32.2. The van der Waals surface area contributed by atoms with E-state index in [4.69, 9.17) is 4.74 Å². The van der Waals surface area contributed by atoms with Crippen LogP contribution in [0, 0.1) is 5.92 Å². The molecular formula is C16H24N2O4S. The molecule has 0 atom stereocenters. The molecule has 2 rings (SSSR count). The summed E-state index contributed by atoms with van der Waals surface area (Å²) in [7, 11) is -1.88. The number of benzene rings is 1. The third kappa shape index (κ3) is 4.60. The van der Waals surface area contributed by atoms with E-state index >= 15 is 0 Å². The lowest BCUT2D eigenvalue weighted by atomic mass is 10.1. The van der Waals surface area contributed by atoms with Crippen molar-refractivity contribution in [2.45, 2.75) is 33.1 Å². The van der Waals surface area contributed by atoms with Crippen molar-refractivity contribution < 1.29 is 17.9 Å². The van der Waals surface area contributed by atoms with E-state index in [2.05, 4.69) is 4.72 Å². The van der Waals surface area contributed by atoms with Crippen molar-refractivity contribution in [1.82, 2.24) is 0 Å². The maximum atomic E-state index is 12.1. The predicted molar refractivity (Wildman–Crippen MR) is 91.4 cm³/mol. The largest absolute Gasteiger partial charge is 0.494 e. The quantitative estimate of drug-likeness (QED) is 0.864. The first-order valence-corrected chi connectivity index (χ1v) is 9.46. The standard InChI is InChI=1S/C16H24N2O4S/c1-12(2)11-23(20,21)17-13-7-8-14(15(10-13)22-3)18-9-5-4-6-16(18)19/h7-8,10,12,17H,4-6,9,11H2,1-3H3. The number of hydrogen-bond acceptors (Lipinski definition) is 4.